The fraction of sp³-hybridized carbons (Fsp3) is 0. The highest BCUT2D eigenvalue weighted by molar-refractivity contribution is 6.29. The van der Waals surface area contributed by atoms with E-state index in [1.54, 1.807) is 23.0 Å². The molecule has 0 aliphatic heterocycles. The number of hydrogen-bond acceptors (Lipinski definition) is 5. The lowest BCUT2D eigenvalue weighted by Gasteiger charge is -1.98. The van der Waals surface area contributed by atoms with Gasteiger partial charge in [-0.1, -0.05) is 11.6 Å². The molecule has 0 saturated carbocycles. The summed E-state index contributed by atoms with van der Waals surface area (Å²) in [5, 5.41) is 23.4. The van der Waals surface area contributed by atoms with Crippen LogP contribution >= 0.6 is 11.6 Å². The molecule has 0 saturated heterocycles. The number of non-ortho nitro benzene ring substituents is 1. The molecule has 1 aromatic carbocycles. The number of hydrogen-bond donors (Lipinski definition) is 0. The Morgan fingerprint density at radius 2 is 2.16 bits per heavy atom. The first-order valence-electron chi connectivity index (χ1n) is 5.26. The predicted octanol–water partition coefficient (Wildman–Crippen LogP) is 2.38. The highest BCUT2D eigenvalue weighted by Crippen LogP contribution is 2.21. The zero-order valence-corrected chi connectivity index (χ0v) is 10.2. The lowest BCUT2D eigenvalue weighted by atomic mass is 10.2. The second kappa shape index (κ2) is 4.29. The number of halogens is 1. The minimum Gasteiger partial charge on any atom is -0.258 e. The SMILES string of the molecule is O=[N+]([O-])c1ccc2cn(-c3cnnc(Cl)c3)nc2c1. The molecule has 0 N–H and O–H groups in total. The highest BCUT2D eigenvalue weighted by Gasteiger charge is 2.10. The summed E-state index contributed by atoms with van der Waals surface area (Å²) >= 11 is 5.76. The molecule has 94 valence electrons. The van der Waals surface area contributed by atoms with Crippen molar-refractivity contribution in [2.45, 2.75) is 0 Å². The van der Waals surface area contributed by atoms with E-state index in [9.17, 15) is 10.1 Å². The quantitative estimate of drug-likeness (QED) is 0.529. The summed E-state index contributed by atoms with van der Waals surface area (Å²) in [5.74, 6) is 0. The van der Waals surface area contributed by atoms with E-state index >= 15 is 0 Å². The summed E-state index contributed by atoms with van der Waals surface area (Å²) in [6.45, 7) is 0. The summed E-state index contributed by atoms with van der Waals surface area (Å²) in [6.07, 6.45) is 3.25. The molecule has 0 spiro atoms. The van der Waals surface area contributed by atoms with Gasteiger partial charge in [-0.3, -0.25) is 10.1 Å². The van der Waals surface area contributed by atoms with Gasteiger partial charge in [0.05, 0.1) is 22.3 Å². The molecular weight excluding hydrogens is 270 g/mol. The molecule has 0 fully saturated rings. The maximum atomic E-state index is 10.7. The van der Waals surface area contributed by atoms with Crippen LogP contribution in [0.5, 0.6) is 0 Å². The number of nitrogens with zero attached hydrogens (tertiary/aromatic N) is 5. The number of fused-ring (bicyclic) bond motifs is 1. The topological polar surface area (TPSA) is 86.7 Å². The summed E-state index contributed by atoms with van der Waals surface area (Å²) in [4.78, 5) is 10.2. The van der Waals surface area contributed by atoms with Crippen LogP contribution in [-0.4, -0.2) is 24.9 Å². The van der Waals surface area contributed by atoms with Crippen LogP contribution in [0.3, 0.4) is 0 Å². The number of benzene rings is 1. The minimum atomic E-state index is -0.455. The molecule has 0 amide bonds. The zero-order chi connectivity index (χ0) is 13.4. The van der Waals surface area contributed by atoms with E-state index in [2.05, 4.69) is 15.3 Å². The van der Waals surface area contributed by atoms with Gasteiger partial charge in [-0.15, -0.1) is 5.10 Å². The third-order valence-electron chi connectivity index (χ3n) is 2.58. The second-order valence-electron chi connectivity index (χ2n) is 3.81. The first kappa shape index (κ1) is 11.5. The Labute approximate surface area is 111 Å². The van der Waals surface area contributed by atoms with E-state index in [-0.39, 0.29) is 10.8 Å². The van der Waals surface area contributed by atoms with Crippen molar-refractivity contribution < 1.29 is 4.92 Å². The summed E-state index contributed by atoms with van der Waals surface area (Å²) in [5.41, 5.74) is 1.17. The molecular formula is C11H6ClN5O2. The fourth-order valence-corrected chi connectivity index (χ4v) is 1.86. The summed E-state index contributed by atoms with van der Waals surface area (Å²) < 4.78 is 1.55. The molecule has 19 heavy (non-hydrogen) atoms. The molecule has 0 aliphatic rings. The molecule has 0 atom stereocenters. The normalized spacial score (nSPS) is 10.8. The first-order valence-corrected chi connectivity index (χ1v) is 5.64. The molecule has 0 bridgehead atoms. The molecule has 3 rings (SSSR count). The maximum Gasteiger partial charge on any atom is 0.271 e. The average Bonchev–Trinajstić information content (AvgIpc) is 2.81. The third kappa shape index (κ3) is 2.11. The van der Waals surface area contributed by atoms with Crippen molar-refractivity contribution in [2.75, 3.05) is 0 Å². The van der Waals surface area contributed by atoms with Crippen LogP contribution in [0.1, 0.15) is 0 Å². The number of rotatable bonds is 2. The van der Waals surface area contributed by atoms with E-state index in [1.165, 1.54) is 18.3 Å². The van der Waals surface area contributed by atoms with Gasteiger partial charge in [-0.25, -0.2) is 4.68 Å². The van der Waals surface area contributed by atoms with Gasteiger partial charge in [0.1, 0.15) is 0 Å². The molecule has 2 heterocycles. The lowest BCUT2D eigenvalue weighted by molar-refractivity contribution is -0.384. The Morgan fingerprint density at radius 3 is 2.89 bits per heavy atom. The van der Waals surface area contributed by atoms with Gasteiger partial charge >= 0.3 is 0 Å². The van der Waals surface area contributed by atoms with Gasteiger partial charge in [-0.2, -0.15) is 10.2 Å². The molecule has 7 nitrogen and oxygen atoms in total. The van der Waals surface area contributed by atoms with E-state index < -0.39 is 4.92 Å². The minimum absolute atomic E-state index is 0.00337. The maximum absolute atomic E-state index is 10.7. The Balaban J connectivity index is 2.14. The average molecular weight is 276 g/mol. The third-order valence-corrected chi connectivity index (χ3v) is 2.76. The van der Waals surface area contributed by atoms with Crippen LogP contribution in [0.4, 0.5) is 5.69 Å². The van der Waals surface area contributed by atoms with Gasteiger partial charge in [0.25, 0.3) is 5.69 Å². The van der Waals surface area contributed by atoms with Crippen molar-refractivity contribution in [1.29, 1.82) is 0 Å². The van der Waals surface area contributed by atoms with Crippen molar-refractivity contribution in [2.24, 2.45) is 0 Å². The van der Waals surface area contributed by atoms with Crippen molar-refractivity contribution in [3.05, 3.63) is 51.9 Å². The van der Waals surface area contributed by atoms with Gasteiger partial charge < -0.3 is 0 Å². The van der Waals surface area contributed by atoms with Crippen LogP contribution in [-0.2, 0) is 0 Å². The van der Waals surface area contributed by atoms with Crippen molar-refractivity contribution in [3.8, 4) is 5.69 Å². The monoisotopic (exact) mass is 275 g/mol. The Hall–Kier alpha value is -2.54. The van der Waals surface area contributed by atoms with Crippen molar-refractivity contribution >= 4 is 28.2 Å². The molecule has 0 aliphatic carbocycles. The van der Waals surface area contributed by atoms with Gasteiger partial charge in [-0.05, 0) is 6.07 Å². The van der Waals surface area contributed by atoms with Crippen LogP contribution in [0.25, 0.3) is 16.6 Å². The van der Waals surface area contributed by atoms with Gasteiger partial charge in [0.15, 0.2) is 5.15 Å². The Morgan fingerprint density at radius 1 is 1.32 bits per heavy atom. The van der Waals surface area contributed by atoms with Gasteiger partial charge in [0, 0.05) is 29.8 Å². The molecule has 0 unspecified atom stereocenters. The summed E-state index contributed by atoms with van der Waals surface area (Å²) in [7, 11) is 0. The van der Waals surface area contributed by atoms with E-state index in [4.69, 9.17) is 11.6 Å². The van der Waals surface area contributed by atoms with Crippen molar-refractivity contribution in [1.82, 2.24) is 20.0 Å². The van der Waals surface area contributed by atoms with Crippen LogP contribution in [0, 0.1) is 10.1 Å². The van der Waals surface area contributed by atoms with Crippen LogP contribution in [0.15, 0.2) is 36.7 Å². The Bertz CT molecular complexity index is 786. The number of nitro benzene ring substituents is 1. The number of nitro groups is 1. The largest absolute Gasteiger partial charge is 0.271 e. The predicted molar refractivity (Wildman–Crippen MR) is 68.3 cm³/mol. The fourth-order valence-electron chi connectivity index (χ4n) is 1.71. The lowest BCUT2D eigenvalue weighted by Crippen LogP contribution is -1.96. The molecule has 2 aromatic heterocycles. The van der Waals surface area contributed by atoms with E-state index in [1.807, 2.05) is 0 Å². The highest BCUT2D eigenvalue weighted by atomic mass is 35.5. The first-order chi connectivity index (χ1) is 9.13. The van der Waals surface area contributed by atoms with E-state index in [0.29, 0.717) is 11.2 Å². The zero-order valence-electron chi connectivity index (χ0n) is 9.39. The number of aromatic nitrogens is 4. The molecule has 3 aromatic rings. The standard InChI is InChI=1S/C11H6ClN5O2/c12-11-4-9(5-13-14-11)16-6-7-1-2-8(17(18)19)3-10(7)15-16/h1-6H. The van der Waals surface area contributed by atoms with Crippen LogP contribution < -0.4 is 0 Å². The second-order valence-corrected chi connectivity index (χ2v) is 4.20. The van der Waals surface area contributed by atoms with Crippen LogP contribution in [0.2, 0.25) is 5.15 Å². The van der Waals surface area contributed by atoms with Crippen molar-refractivity contribution in [3.63, 3.8) is 0 Å². The molecule has 8 heteroatoms. The van der Waals surface area contributed by atoms with Gasteiger partial charge in [0.2, 0.25) is 0 Å². The summed E-state index contributed by atoms with van der Waals surface area (Å²) in [6, 6.07) is 6.11. The van der Waals surface area contributed by atoms with E-state index in [0.717, 1.165) is 5.39 Å². The smallest absolute Gasteiger partial charge is 0.258 e. The Kier molecular flexibility index (Phi) is 2.60. The molecule has 0 radical (unpaired) electrons.